The van der Waals surface area contributed by atoms with E-state index in [0.29, 0.717) is 12.6 Å². The summed E-state index contributed by atoms with van der Waals surface area (Å²) in [6.07, 6.45) is 0.994. The second kappa shape index (κ2) is 7.98. The zero-order valence-corrected chi connectivity index (χ0v) is 15.8. The van der Waals surface area contributed by atoms with E-state index in [0.717, 1.165) is 23.7 Å². The van der Waals surface area contributed by atoms with E-state index in [1.807, 2.05) is 12.1 Å². The molecule has 4 rings (SSSR count). The van der Waals surface area contributed by atoms with Crippen LogP contribution in [0, 0.1) is 0 Å². The van der Waals surface area contributed by atoms with Crippen molar-refractivity contribution < 1.29 is 18.0 Å². The first-order valence-corrected chi connectivity index (χ1v) is 9.32. The SMILES string of the molecule is CC1Cc2ccccc2N1Cc1ccoc1C(=O)NCc1nccc(C(F)F)n1. The molecule has 1 aliphatic heterocycles. The van der Waals surface area contributed by atoms with Crippen LogP contribution in [-0.4, -0.2) is 21.9 Å². The quantitative estimate of drug-likeness (QED) is 0.682. The van der Waals surface area contributed by atoms with Gasteiger partial charge in [-0.1, -0.05) is 18.2 Å². The largest absolute Gasteiger partial charge is 0.459 e. The van der Waals surface area contributed by atoms with Gasteiger partial charge >= 0.3 is 0 Å². The molecule has 1 N–H and O–H groups in total. The van der Waals surface area contributed by atoms with E-state index in [2.05, 4.69) is 39.2 Å². The molecule has 0 aliphatic carbocycles. The lowest BCUT2D eigenvalue weighted by Gasteiger charge is -2.24. The molecule has 6 nitrogen and oxygen atoms in total. The first-order chi connectivity index (χ1) is 14.0. The monoisotopic (exact) mass is 398 g/mol. The van der Waals surface area contributed by atoms with E-state index in [1.165, 1.54) is 18.0 Å². The van der Waals surface area contributed by atoms with Gasteiger partial charge in [0.05, 0.1) is 12.8 Å². The number of halogens is 2. The normalized spacial score (nSPS) is 15.6. The molecule has 3 aromatic rings. The van der Waals surface area contributed by atoms with Crippen LogP contribution < -0.4 is 10.2 Å². The smallest absolute Gasteiger partial charge is 0.287 e. The average Bonchev–Trinajstić information content (AvgIpc) is 3.31. The first kappa shape index (κ1) is 19.0. The Balaban J connectivity index is 1.45. The van der Waals surface area contributed by atoms with Gasteiger partial charge in [0.25, 0.3) is 12.3 Å². The highest BCUT2D eigenvalue weighted by Crippen LogP contribution is 2.33. The Kier molecular flexibility index (Phi) is 5.24. The van der Waals surface area contributed by atoms with E-state index < -0.39 is 12.3 Å². The summed E-state index contributed by atoms with van der Waals surface area (Å²) in [5.41, 5.74) is 2.83. The highest BCUT2D eigenvalue weighted by molar-refractivity contribution is 5.92. The number of carbonyl (C=O) groups excluding carboxylic acids is 1. The minimum absolute atomic E-state index is 0.0670. The number of para-hydroxylation sites is 1. The molecular weight excluding hydrogens is 378 g/mol. The molecule has 0 saturated heterocycles. The number of alkyl halides is 2. The van der Waals surface area contributed by atoms with E-state index in [1.54, 1.807) is 6.07 Å². The number of nitrogens with zero attached hydrogens (tertiary/aromatic N) is 3. The summed E-state index contributed by atoms with van der Waals surface area (Å²) >= 11 is 0. The predicted octanol–water partition coefficient (Wildman–Crippen LogP) is 3.89. The summed E-state index contributed by atoms with van der Waals surface area (Å²) in [7, 11) is 0. The molecule has 0 spiro atoms. The van der Waals surface area contributed by atoms with Gasteiger partial charge in [0.2, 0.25) is 0 Å². The highest BCUT2D eigenvalue weighted by Gasteiger charge is 2.27. The van der Waals surface area contributed by atoms with Crippen molar-refractivity contribution in [2.45, 2.75) is 38.9 Å². The molecule has 2 aromatic heterocycles. The molecular formula is C21H20F2N4O2. The summed E-state index contributed by atoms with van der Waals surface area (Å²) in [5.74, 6) is -0.117. The Labute approximate surface area is 166 Å². The second-order valence-electron chi connectivity index (χ2n) is 6.97. The van der Waals surface area contributed by atoms with Crippen LogP contribution >= 0.6 is 0 Å². The zero-order valence-electron chi connectivity index (χ0n) is 15.8. The predicted molar refractivity (Wildman–Crippen MR) is 103 cm³/mol. The molecule has 1 aromatic carbocycles. The number of carbonyl (C=O) groups is 1. The highest BCUT2D eigenvalue weighted by atomic mass is 19.3. The third-order valence-corrected chi connectivity index (χ3v) is 5.00. The number of hydrogen-bond donors (Lipinski definition) is 1. The Morgan fingerprint density at radius 3 is 2.97 bits per heavy atom. The number of benzene rings is 1. The van der Waals surface area contributed by atoms with Crippen LogP contribution in [0.3, 0.4) is 0 Å². The molecule has 3 heterocycles. The van der Waals surface area contributed by atoms with Crippen molar-refractivity contribution in [3.63, 3.8) is 0 Å². The summed E-state index contributed by atoms with van der Waals surface area (Å²) in [6.45, 7) is 2.62. The standard InChI is InChI=1S/C21H20F2N4O2/c1-13-10-14-4-2-3-5-17(14)27(13)12-15-7-9-29-19(15)21(28)25-11-18-24-8-6-16(26-18)20(22)23/h2-9,13,20H,10-12H2,1H3,(H,25,28). The number of hydrogen-bond acceptors (Lipinski definition) is 5. The Morgan fingerprint density at radius 1 is 1.31 bits per heavy atom. The first-order valence-electron chi connectivity index (χ1n) is 9.32. The number of fused-ring (bicyclic) bond motifs is 1. The molecule has 1 atom stereocenters. The van der Waals surface area contributed by atoms with Crippen molar-refractivity contribution in [2.24, 2.45) is 0 Å². The van der Waals surface area contributed by atoms with Crippen molar-refractivity contribution in [3.8, 4) is 0 Å². The van der Waals surface area contributed by atoms with Gasteiger partial charge in [-0.3, -0.25) is 4.79 Å². The lowest BCUT2D eigenvalue weighted by Crippen LogP contribution is -2.30. The third kappa shape index (κ3) is 3.96. The number of rotatable bonds is 6. The maximum Gasteiger partial charge on any atom is 0.287 e. The van der Waals surface area contributed by atoms with Gasteiger partial charge in [-0.15, -0.1) is 0 Å². The van der Waals surface area contributed by atoms with Gasteiger partial charge in [-0.25, -0.2) is 18.7 Å². The molecule has 8 heteroatoms. The van der Waals surface area contributed by atoms with Crippen molar-refractivity contribution in [1.29, 1.82) is 0 Å². The Morgan fingerprint density at radius 2 is 2.14 bits per heavy atom. The van der Waals surface area contributed by atoms with Gasteiger partial charge in [-0.2, -0.15) is 0 Å². The molecule has 1 unspecified atom stereocenters. The van der Waals surface area contributed by atoms with Crippen LogP contribution in [0.15, 0.2) is 53.3 Å². The number of aromatic nitrogens is 2. The van der Waals surface area contributed by atoms with Gasteiger partial charge in [0, 0.05) is 30.0 Å². The number of amides is 1. The lowest BCUT2D eigenvalue weighted by molar-refractivity contribution is 0.0920. The van der Waals surface area contributed by atoms with Crippen molar-refractivity contribution in [1.82, 2.24) is 15.3 Å². The minimum atomic E-state index is -2.69. The van der Waals surface area contributed by atoms with Gasteiger partial charge in [0.1, 0.15) is 11.5 Å². The summed E-state index contributed by atoms with van der Waals surface area (Å²) in [4.78, 5) is 22.5. The van der Waals surface area contributed by atoms with E-state index >= 15 is 0 Å². The van der Waals surface area contributed by atoms with Crippen molar-refractivity contribution in [2.75, 3.05) is 4.90 Å². The number of anilines is 1. The van der Waals surface area contributed by atoms with Crippen LogP contribution in [0.2, 0.25) is 0 Å². The summed E-state index contributed by atoms with van der Waals surface area (Å²) in [6, 6.07) is 11.4. The maximum atomic E-state index is 12.8. The summed E-state index contributed by atoms with van der Waals surface area (Å²) < 4.78 is 30.9. The fourth-order valence-corrected chi connectivity index (χ4v) is 3.57. The summed E-state index contributed by atoms with van der Waals surface area (Å²) in [5, 5.41) is 2.64. The number of nitrogens with one attached hydrogen (secondary N) is 1. The lowest BCUT2D eigenvalue weighted by atomic mass is 10.1. The Hall–Kier alpha value is -3.29. The van der Waals surface area contributed by atoms with Gasteiger partial charge in [-0.05, 0) is 37.1 Å². The van der Waals surface area contributed by atoms with Crippen LogP contribution in [0.1, 0.15) is 46.5 Å². The maximum absolute atomic E-state index is 12.8. The van der Waals surface area contributed by atoms with Crippen LogP contribution in [0.25, 0.3) is 0 Å². The topological polar surface area (TPSA) is 71.3 Å². The van der Waals surface area contributed by atoms with Crippen LogP contribution in [0.5, 0.6) is 0 Å². The second-order valence-corrected chi connectivity index (χ2v) is 6.97. The molecule has 0 saturated carbocycles. The fraction of sp³-hybridized carbons (Fsp3) is 0.286. The molecule has 1 aliphatic rings. The van der Waals surface area contributed by atoms with Gasteiger partial charge < -0.3 is 14.6 Å². The molecule has 0 fully saturated rings. The minimum Gasteiger partial charge on any atom is -0.459 e. The average molecular weight is 398 g/mol. The van der Waals surface area contributed by atoms with Crippen LogP contribution in [-0.2, 0) is 19.5 Å². The molecule has 0 bridgehead atoms. The van der Waals surface area contributed by atoms with Crippen molar-refractivity contribution >= 4 is 11.6 Å². The molecule has 29 heavy (non-hydrogen) atoms. The van der Waals surface area contributed by atoms with Crippen molar-refractivity contribution in [3.05, 3.63) is 77.3 Å². The molecule has 150 valence electrons. The molecule has 0 radical (unpaired) electrons. The molecule has 1 amide bonds. The number of furan rings is 1. The van der Waals surface area contributed by atoms with E-state index in [9.17, 15) is 13.6 Å². The van der Waals surface area contributed by atoms with Gasteiger partial charge in [0.15, 0.2) is 5.76 Å². The third-order valence-electron chi connectivity index (χ3n) is 5.00. The fourth-order valence-electron chi connectivity index (χ4n) is 3.57. The van der Waals surface area contributed by atoms with Crippen LogP contribution in [0.4, 0.5) is 14.5 Å². The Bertz CT molecular complexity index is 1020. The zero-order chi connectivity index (χ0) is 20.4. The van der Waals surface area contributed by atoms with E-state index in [-0.39, 0.29) is 23.8 Å². The van der Waals surface area contributed by atoms with E-state index in [4.69, 9.17) is 4.42 Å².